The molecule has 0 radical (unpaired) electrons. The summed E-state index contributed by atoms with van der Waals surface area (Å²) in [7, 11) is 0. The van der Waals surface area contributed by atoms with Crippen LogP contribution < -0.4 is 4.90 Å². The summed E-state index contributed by atoms with van der Waals surface area (Å²) in [6.07, 6.45) is -3.38. The number of benzene rings is 1. The Morgan fingerprint density at radius 2 is 2.10 bits per heavy atom. The van der Waals surface area contributed by atoms with E-state index in [4.69, 9.17) is 0 Å². The van der Waals surface area contributed by atoms with Crippen molar-refractivity contribution >= 4 is 38.0 Å². The molecule has 0 aliphatic carbocycles. The van der Waals surface area contributed by atoms with Crippen LogP contribution in [0.25, 0.3) is 3.58 Å². The molecule has 108 valence electrons. The second kappa shape index (κ2) is 5.27. The minimum absolute atomic E-state index is 0.296. The number of hydrogen-bond donors (Lipinski definition) is 1. The SMILES string of the molecule is CC[C@@H]1C=C(I)c2cc(C(F)(F)F)ccc2N1C(=O)O. The molecule has 7 heteroatoms. The topological polar surface area (TPSA) is 40.5 Å². The maximum atomic E-state index is 12.7. The molecule has 0 bridgehead atoms. The molecular formula is C13H11F3INO2. The van der Waals surface area contributed by atoms with E-state index in [0.717, 1.165) is 17.0 Å². The van der Waals surface area contributed by atoms with Gasteiger partial charge in [0.2, 0.25) is 0 Å². The van der Waals surface area contributed by atoms with Gasteiger partial charge in [-0.2, -0.15) is 13.2 Å². The van der Waals surface area contributed by atoms with E-state index < -0.39 is 17.8 Å². The lowest BCUT2D eigenvalue weighted by molar-refractivity contribution is -0.137. The number of hydrogen-bond acceptors (Lipinski definition) is 1. The molecule has 0 aromatic heterocycles. The Hall–Kier alpha value is -1.25. The summed E-state index contributed by atoms with van der Waals surface area (Å²) in [6.45, 7) is 1.83. The summed E-state index contributed by atoms with van der Waals surface area (Å²) in [6, 6.07) is 2.77. The van der Waals surface area contributed by atoms with Gasteiger partial charge in [-0.25, -0.2) is 4.79 Å². The normalized spacial score (nSPS) is 18.6. The summed E-state index contributed by atoms with van der Waals surface area (Å²) in [5, 5.41) is 9.27. The predicted octanol–water partition coefficient (Wildman–Crippen LogP) is 4.76. The van der Waals surface area contributed by atoms with Crippen LogP contribution in [-0.2, 0) is 6.18 Å². The van der Waals surface area contributed by atoms with Crippen molar-refractivity contribution in [2.24, 2.45) is 0 Å². The molecule has 1 N–H and O–H groups in total. The number of nitrogens with zero attached hydrogens (tertiary/aromatic N) is 1. The summed E-state index contributed by atoms with van der Waals surface area (Å²) < 4.78 is 38.8. The van der Waals surface area contributed by atoms with Crippen LogP contribution in [0.1, 0.15) is 24.5 Å². The highest BCUT2D eigenvalue weighted by molar-refractivity contribution is 14.1. The van der Waals surface area contributed by atoms with Crippen LogP contribution in [0.3, 0.4) is 0 Å². The largest absolute Gasteiger partial charge is 0.465 e. The van der Waals surface area contributed by atoms with Crippen LogP contribution in [0.5, 0.6) is 0 Å². The van der Waals surface area contributed by atoms with Crippen LogP contribution >= 0.6 is 22.6 Å². The first kappa shape index (κ1) is 15.1. The maximum Gasteiger partial charge on any atom is 0.416 e. The van der Waals surface area contributed by atoms with E-state index in [2.05, 4.69) is 0 Å². The zero-order valence-corrected chi connectivity index (χ0v) is 12.6. The molecule has 20 heavy (non-hydrogen) atoms. The number of carbonyl (C=O) groups is 1. The van der Waals surface area contributed by atoms with Crippen LogP contribution in [-0.4, -0.2) is 17.2 Å². The van der Waals surface area contributed by atoms with E-state index in [1.807, 2.05) is 29.5 Å². The molecule has 0 saturated heterocycles. The van der Waals surface area contributed by atoms with E-state index >= 15 is 0 Å². The molecule has 0 fully saturated rings. The average molecular weight is 397 g/mol. The van der Waals surface area contributed by atoms with Crippen LogP contribution in [0.15, 0.2) is 24.3 Å². The van der Waals surface area contributed by atoms with Gasteiger partial charge in [0, 0.05) is 9.14 Å². The van der Waals surface area contributed by atoms with E-state index in [-0.39, 0.29) is 6.04 Å². The molecule has 1 aromatic carbocycles. The average Bonchev–Trinajstić information content (AvgIpc) is 2.36. The van der Waals surface area contributed by atoms with Gasteiger partial charge in [-0.3, -0.25) is 4.90 Å². The van der Waals surface area contributed by atoms with E-state index in [0.29, 0.717) is 21.3 Å². The second-order valence-corrected chi connectivity index (χ2v) is 5.53. The quantitative estimate of drug-likeness (QED) is 0.695. The van der Waals surface area contributed by atoms with E-state index in [9.17, 15) is 23.1 Å². The van der Waals surface area contributed by atoms with Crippen molar-refractivity contribution in [3.8, 4) is 0 Å². The molecule has 2 rings (SSSR count). The first-order valence-corrected chi connectivity index (χ1v) is 6.94. The van der Waals surface area contributed by atoms with Gasteiger partial charge in [0.1, 0.15) is 0 Å². The standard InChI is InChI=1S/C13H11F3INO2/c1-2-8-6-10(17)9-5-7(13(14,15)16)3-4-11(9)18(8)12(19)20/h3-6,8H,2H2,1H3,(H,19,20)/t8-/m1/s1. The van der Waals surface area contributed by atoms with Crippen molar-refractivity contribution in [3.05, 3.63) is 35.4 Å². The molecule has 0 spiro atoms. The fourth-order valence-electron chi connectivity index (χ4n) is 2.17. The van der Waals surface area contributed by atoms with Crippen LogP contribution in [0.2, 0.25) is 0 Å². The van der Waals surface area contributed by atoms with E-state index in [1.165, 1.54) is 6.07 Å². The summed E-state index contributed by atoms with van der Waals surface area (Å²) >= 11 is 1.94. The lowest BCUT2D eigenvalue weighted by Crippen LogP contribution is -2.40. The number of rotatable bonds is 1. The Bertz CT molecular complexity index is 583. The second-order valence-electron chi connectivity index (χ2n) is 4.37. The number of halogens is 4. The zero-order chi connectivity index (χ0) is 15.1. The molecule has 1 aliphatic heterocycles. The van der Waals surface area contributed by atoms with Gasteiger partial charge in [0.05, 0.1) is 17.3 Å². The first-order chi connectivity index (χ1) is 9.25. The van der Waals surface area contributed by atoms with Gasteiger partial charge in [0.25, 0.3) is 0 Å². The molecule has 0 saturated carbocycles. The molecular weight excluding hydrogens is 386 g/mol. The van der Waals surface area contributed by atoms with Crippen LogP contribution in [0, 0.1) is 0 Å². The lowest BCUT2D eigenvalue weighted by atomic mass is 9.99. The third-order valence-corrected chi connectivity index (χ3v) is 4.08. The van der Waals surface area contributed by atoms with Gasteiger partial charge in [0.15, 0.2) is 0 Å². The van der Waals surface area contributed by atoms with Gasteiger partial charge >= 0.3 is 12.3 Å². The molecule has 1 amide bonds. The van der Waals surface area contributed by atoms with Gasteiger partial charge in [-0.1, -0.05) is 6.92 Å². The monoisotopic (exact) mass is 397 g/mol. The van der Waals surface area contributed by atoms with E-state index in [1.54, 1.807) is 6.08 Å². The molecule has 1 aliphatic rings. The van der Waals surface area contributed by atoms with Crippen molar-refractivity contribution in [2.45, 2.75) is 25.6 Å². The number of alkyl halides is 3. The summed E-state index contributed by atoms with van der Waals surface area (Å²) in [5.41, 5.74) is -0.184. The highest BCUT2D eigenvalue weighted by Crippen LogP contribution is 2.41. The third-order valence-electron chi connectivity index (χ3n) is 3.14. The molecule has 1 heterocycles. The fraction of sp³-hybridized carbons (Fsp3) is 0.308. The minimum Gasteiger partial charge on any atom is -0.465 e. The van der Waals surface area contributed by atoms with Crippen molar-refractivity contribution < 1.29 is 23.1 Å². The Balaban J connectivity index is 2.60. The van der Waals surface area contributed by atoms with Gasteiger partial charge in [-0.05, 0) is 53.3 Å². The Morgan fingerprint density at radius 3 is 2.60 bits per heavy atom. The minimum atomic E-state index is -4.44. The zero-order valence-electron chi connectivity index (χ0n) is 10.4. The molecule has 3 nitrogen and oxygen atoms in total. The third kappa shape index (κ3) is 2.63. The number of anilines is 1. The molecule has 1 atom stereocenters. The van der Waals surface area contributed by atoms with Gasteiger partial charge < -0.3 is 5.11 Å². The van der Waals surface area contributed by atoms with Gasteiger partial charge in [-0.15, -0.1) is 0 Å². The van der Waals surface area contributed by atoms with Crippen molar-refractivity contribution in [1.29, 1.82) is 0 Å². The highest BCUT2D eigenvalue weighted by atomic mass is 127. The summed E-state index contributed by atoms with van der Waals surface area (Å²) in [4.78, 5) is 12.5. The number of amides is 1. The summed E-state index contributed by atoms with van der Waals surface area (Å²) in [5.74, 6) is 0. The fourth-order valence-corrected chi connectivity index (χ4v) is 3.02. The van der Waals surface area contributed by atoms with Crippen LogP contribution in [0.4, 0.5) is 23.7 Å². The maximum absolute atomic E-state index is 12.7. The van der Waals surface area contributed by atoms with Crippen molar-refractivity contribution in [2.75, 3.05) is 4.90 Å². The number of fused-ring (bicyclic) bond motifs is 1. The smallest absolute Gasteiger partial charge is 0.416 e. The molecule has 1 aromatic rings. The molecule has 0 unspecified atom stereocenters. The van der Waals surface area contributed by atoms with Crippen molar-refractivity contribution in [3.63, 3.8) is 0 Å². The number of carboxylic acid groups (broad SMARTS) is 1. The Kier molecular flexibility index (Phi) is 3.99. The lowest BCUT2D eigenvalue weighted by Gasteiger charge is -2.32. The Labute approximate surface area is 127 Å². The predicted molar refractivity (Wildman–Crippen MR) is 78.0 cm³/mol. The first-order valence-electron chi connectivity index (χ1n) is 5.86. The van der Waals surface area contributed by atoms with Crippen molar-refractivity contribution in [1.82, 2.24) is 0 Å². The highest BCUT2D eigenvalue weighted by Gasteiger charge is 2.34. The Morgan fingerprint density at radius 1 is 1.45 bits per heavy atom.